The molecule has 1 aliphatic carbocycles. The smallest absolute Gasteiger partial charge is 0.312 e. The number of carbonyl (C=O) groups excluding carboxylic acids is 1. The van der Waals surface area contributed by atoms with Gasteiger partial charge in [0.2, 0.25) is 0 Å². The Morgan fingerprint density at radius 3 is 1.84 bits per heavy atom. The van der Waals surface area contributed by atoms with Crippen LogP contribution in [-0.2, 0) is 9.53 Å². The lowest BCUT2D eigenvalue weighted by atomic mass is 9.87. The molecule has 0 N–H and O–H groups in total. The maximum absolute atomic E-state index is 12.3. The van der Waals surface area contributed by atoms with Gasteiger partial charge in [-0.25, -0.2) is 0 Å². The van der Waals surface area contributed by atoms with E-state index in [1.807, 2.05) is 13.8 Å². The first-order valence-corrected chi connectivity index (χ1v) is 8.13. The van der Waals surface area contributed by atoms with Crippen LogP contribution in [0.3, 0.4) is 0 Å². The SMILES string of the molecule is CCC(C)(C)C(=O)OC1(C)CCCCCCCCC1. The molecule has 0 saturated heterocycles. The molecule has 0 aromatic heterocycles. The zero-order valence-electron chi connectivity index (χ0n) is 13.4. The highest BCUT2D eigenvalue weighted by molar-refractivity contribution is 5.76. The number of hydrogen-bond acceptors (Lipinski definition) is 2. The van der Waals surface area contributed by atoms with Gasteiger partial charge in [-0.2, -0.15) is 0 Å². The minimum Gasteiger partial charge on any atom is -0.459 e. The Labute approximate surface area is 119 Å². The van der Waals surface area contributed by atoms with E-state index in [4.69, 9.17) is 4.74 Å². The Balaban J connectivity index is 2.61. The van der Waals surface area contributed by atoms with E-state index in [1.165, 1.54) is 44.9 Å². The zero-order chi connectivity index (χ0) is 14.4. The summed E-state index contributed by atoms with van der Waals surface area (Å²) < 4.78 is 5.93. The summed E-state index contributed by atoms with van der Waals surface area (Å²) in [6.07, 6.45) is 11.9. The molecule has 0 aromatic rings. The van der Waals surface area contributed by atoms with Crippen molar-refractivity contribution >= 4 is 5.97 Å². The summed E-state index contributed by atoms with van der Waals surface area (Å²) in [4.78, 5) is 12.3. The first-order valence-electron chi connectivity index (χ1n) is 8.13. The van der Waals surface area contributed by atoms with Crippen LogP contribution in [0.1, 0.15) is 91.9 Å². The van der Waals surface area contributed by atoms with Crippen molar-refractivity contribution in [1.82, 2.24) is 0 Å². The molecule has 0 atom stereocenters. The Morgan fingerprint density at radius 2 is 1.42 bits per heavy atom. The van der Waals surface area contributed by atoms with Gasteiger partial charge in [0, 0.05) is 0 Å². The van der Waals surface area contributed by atoms with Crippen LogP contribution in [-0.4, -0.2) is 11.6 Å². The first kappa shape index (κ1) is 16.5. The van der Waals surface area contributed by atoms with Gasteiger partial charge in [0.25, 0.3) is 0 Å². The second-order valence-corrected chi connectivity index (χ2v) is 7.05. The molecule has 2 nitrogen and oxygen atoms in total. The van der Waals surface area contributed by atoms with E-state index in [1.54, 1.807) is 0 Å². The van der Waals surface area contributed by atoms with Crippen LogP contribution >= 0.6 is 0 Å². The van der Waals surface area contributed by atoms with Crippen LogP contribution in [0.5, 0.6) is 0 Å². The molecule has 0 aliphatic heterocycles. The second kappa shape index (κ2) is 7.31. The number of ether oxygens (including phenoxy) is 1. The Morgan fingerprint density at radius 1 is 1.00 bits per heavy atom. The standard InChI is InChI=1S/C17H32O2/c1-5-16(2,3)15(18)19-17(4)13-11-9-7-6-8-10-12-14-17/h5-14H2,1-4H3. The van der Waals surface area contributed by atoms with Crippen molar-refractivity contribution in [3.8, 4) is 0 Å². The molecule has 1 fully saturated rings. The number of carbonyl (C=O) groups is 1. The molecule has 1 aliphatic rings. The van der Waals surface area contributed by atoms with Gasteiger partial charge in [0.1, 0.15) is 5.60 Å². The maximum Gasteiger partial charge on any atom is 0.312 e. The van der Waals surface area contributed by atoms with Gasteiger partial charge in [-0.3, -0.25) is 4.79 Å². The summed E-state index contributed by atoms with van der Waals surface area (Å²) in [7, 11) is 0. The maximum atomic E-state index is 12.3. The van der Waals surface area contributed by atoms with E-state index >= 15 is 0 Å². The van der Waals surface area contributed by atoms with Crippen molar-refractivity contribution in [2.24, 2.45) is 5.41 Å². The summed E-state index contributed by atoms with van der Waals surface area (Å²) in [5.74, 6) is -0.0189. The quantitative estimate of drug-likeness (QED) is 0.653. The normalized spacial score (nSPS) is 21.7. The fourth-order valence-electron chi connectivity index (χ4n) is 2.62. The lowest BCUT2D eigenvalue weighted by Crippen LogP contribution is -2.37. The largest absolute Gasteiger partial charge is 0.459 e. The average Bonchev–Trinajstić information content (AvgIpc) is 2.37. The minimum atomic E-state index is -0.349. The van der Waals surface area contributed by atoms with Crippen LogP contribution in [0.2, 0.25) is 0 Å². The van der Waals surface area contributed by atoms with Crippen molar-refractivity contribution < 1.29 is 9.53 Å². The molecule has 0 aromatic carbocycles. The third-order valence-corrected chi connectivity index (χ3v) is 4.69. The predicted octanol–water partition coefficient (Wildman–Crippen LogP) is 5.25. The van der Waals surface area contributed by atoms with Gasteiger partial charge in [0.05, 0.1) is 5.41 Å². The van der Waals surface area contributed by atoms with Crippen LogP contribution in [0.25, 0.3) is 0 Å². The van der Waals surface area contributed by atoms with E-state index in [2.05, 4.69) is 13.8 Å². The molecule has 2 heteroatoms. The summed E-state index contributed by atoms with van der Waals surface area (Å²) in [5.41, 5.74) is -0.584. The number of rotatable bonds is 3. The summed E-state index contributed by atoms with van der Waals surface area (Å²) >= 11 is 0. The molecule has 19 heavy (non-hydrogen) atoms. The van der Waals surface area contributed by atoms with Crippen molar-refractivity contribution in [3.05, 3.63) is 0 Å². The lowest BCUT2D eigenvalue weighted by Gasteiger charge is -2.34. The first-order chi connectivity index (χ1) is 8.90. The van der Waals surface area contributed by atoms with E-state index in [9.17, 15) is 4.79 Å². The average molecular weight is 268 g/mol. The number of hydrogen-bond donors (Lipinski definition) is 0. The molecular weight excluding hydrogens is 236 g/mol. The monoisotopic (exact) mass is 268 g/mol. The Hall–Kier alpha value is -0.530. The van der Waals surface area contributed by atoms with Gasteiger partial charge < -0.3 is 4.74 Å². The fraction of sp³-hybridized carbons (Fsp3) is 0.941. The van der Waals surface area contributed by atoms with Crippen LogP contribution in [0.4, 0.5) is 0 Å². The van der Waals surface area contributed by atoms with Crippen LogP contribution < -0.4 is 0 Å². The molecule has 0 unspecified atom stereocenters. The molecule has 1 saturated carbocycles. The zero-order valence-corrected chi connectivity index (χ0v) is 13.4. The second-order valence-electron chi connectivity index (χ2n) is 7.05. The van der Waals surface area contributed by atoms with Gasteiger partial charge in [-0.05, 0) is 52.9 Å². The molecule has 1 rings (SSSR count). The van der Waals surface area contributed by atoms with Crippen molar-refractivity contribution in [2.45, 2.75) is 97.5 Å². The highest BCUT2D eigenvalue weighted by Gasteiger charge is 2.34. The fourth-order valence-corrected chi connectivity index (χ4v) is 2.62. The molecule has 112 valence electrons. The van der Waals surface area contributed by atoms with Gasteiger partial charge >= 0.3 is 5.97 Å². The summed E-state index contributed by atoms with van der Waals surface area (Å²) in [5, 5.41) is 0. The highest BCUT2D eigenvalue weighted by atomic mass is 16.6. The molecule has 0 heterocycles. The summed E-state index contributed by atoms with van der Waals surface area (Å²) in [6.45, 7) is 8.16. The molecule has 0 amide bonds. The lowest BCUT2D eigenvalue weighted by molar-refractivity contribution is -0.171. The highest BCUT2D eigenvalue weighted by Crippen LogP contribution is 2.32. The van der Waals surface area contributed by atoms with E-state index in [-0.39, 0.29) is 17.0 Å². The van der Waals surface area contributed by atoms with E-state index < -0.39 is 0 Å². The third-order valence-electron chi connectivity index (χ3n) is 4.69. The topological polar surface area (TPSA) is 26.3 Å². The van der Waals surface area contributed by atoms with Crippen LogP contribution in [0, 0.1) is 5.41 Å². The van der Waals surface area contributed by atoms with Crippen LogP contribution in [0.15, 0.2) is 0 Å². The van der Waals surface area contributed by atoms with Gasteiger partial charge in [-0.15, -0.1) is 0 Å². The molecule has 0 radical (unpaired) electrons. The van der Waals surface area contributed by atoms with Crippen molar-refractivity contribution in [3.63, 3.8) is 0 Å². The van der Waals surface area contributed by atoms with E-state index in [0.717, 1.165) is 19.3 Å². The number of esters is 1. The van der Waals surface area contributed by atoms with Gasteiger partial charge in [0.15, 0.2) is 0 Å². The molecule has 0 spiro atoms. The van der Waals surface area contributed by atoms with Crippen molar-refractivity contribution in [2.75, 3.05) is 0 Å². The molecule has 0 bridgehead atoms. The van der Waals surface area contributed by atoms with E-state index in [0.29, 0.717) is 0 Å². The predicted molar refractivity (Wildman–Crippen MR) is 80.1 cm³/mol. The Bertz CT molecular complexity index is 271. The minimum absolute atomic E-state index is 0.0189. The molecular formula is C17H32O2. The van der Waals surface area contributed by atoms with Gasteiger partial charge in [-0.1, -0.05) is 39.0 Å². The third kappa shape index (κ3) is 5.54. The van der Waals surface area contributed by atoms with Crippen molar-refractivity contribution in [1.29, 1.82) is 0 Å². The Kier molecular flexibility index (Phi) is 6.35. The summed E-state index contributed by atoms with van der Waals surface area (Å²) in [6, 6.07) is 0.